The van der Waals surface area contributed by atoms with Crippen LogP contribution < -0.4 is 0 Å². The fourth-order valence-electron chi connectivity index (χ4n) is 1.94. The number of nitrogens with zero attached hydrogens (tertiary/aromatic N) is 1. The predicted molar refractivity (Wildman–Crippen MR) is 85.2 cm³/mol. The van der Waals surface area contributed by atoms with E-state index in [-0.39, 0.29) is 11.6 Å². The summed E-state index contributed by atoms with van der Waals surface area (Å²) >= 11 is 5.83. The Balaban J connectivity index is 2.48. The Morgan fingerprint density at radius 1 is 0.952 bits per heavy atom. The van der Waals surface area contributed by atoms with Gasteiger partial charge in [0, 0.05) is 22.4 Å². The van der Waals surface area contributed by atoms with Gasteiger partial charge in [0.15, 0.2) is 11.6 Å². The predicted octanol–water partition coefficient (Wildman–Crippen LogP) is 4.50. The Morgan fingerprint density at radius 3 is 1.95 bits per heavy atom. The largest absolute Gasteiger partial charge is 0.294 e. The maximum Gasteiger partial charge on any atom is 0.161 e. The molecule has 106 valence electrons. The molecule has 21 heavy (non-hydrogen) atoms. The number of halogens is 1. The summed E-state index contributed by atoms with van der Waals surface area (Å²) in [6.07, 6.45) is 1.62. The molecule has 0 fully saturated rings. The lowest BCUT2D eigenvalue weighted by molar-refractivity contribution is 0.101. The molecule has 0 spiro atoms. The van der Waals surface area contributed by atoms with E-state index in [9.17, 15) is 9.59 Å². The number of hydrogen-bond acceptors (Lipinski definition) is 3. The van der Waals surface area contributed by atoms with E-state index in [1.165, 1.54) is 13.8 Å². The lowest BCUT2D eigenvalue weighted by atomic mass is 10.0. The summed E-state index contributed by atoms with van der Waals surface area (Å²) in [6, 6.07) is 12.2. The molecule has 0 N–H and O–H groups in total. The average molecular weight is 300 g/mol. The van der Waals surface area contributed by atoms with Crippen molar-refractivity contribution < 1.29 is 9.59 Å². The molecule has 0 atom stereocenters. The quantitative estimate of drug-likeness (QED) is 0.616. The highest BCUT2D eigenvalue weighted by molar-refractivity contribution is 6.30. The lowest BCUT2D eigenvalue weighted by Gasteiger charge is -2.06. The second-order valence-electron chi connectivity index (χ2n) is 4.62. The highest BCUT2D eigenvalue weighted by atomic mass is 35.5. The van der Waals surface area contributed by atoms with Gasteiger partial charge < -0.3 is 0 Å². The van der Waals surface area contributed by atoms with Crippen LogP contribution in [0.2, 0.25) is 5.02 Å². The molecule has 0 saturated heterocycles. The molecule has 2 aromatic carbocycles. The first-order valence-electron chi connectivity index (χ1n) is 6.43. The molecule has 2 rings (SSSR count). The summed E-state index contributed by atoms with van der Waals surface area (Å²) in [4.78, 5) is 27.7. The van der Waals surface area contributed by atoms with E-state index in [2.05, 4.69) is 4.99 Å². The number of ketones is 2. The molecule has 0 aliphatic rings. The molecule has 2 aromatic rings. The Kier molecular flexibility index (Phi) is 4.66. The van der Waals surface area contributed by atoms with Gasteiger partial charge in [-0.3, -0.25) is 14.6 Å². The number of benzene rings is 2. The Bertz CT molecular complexity index is 686. The van der Waals surface area contributed by atoms with Gasteiger partial charge in [-0.05, 0) is 43.7 Å². The molecule has 0 aliphatic carbocycles. The van der Waals surface area contributed by atoms with Crippen LogP contribution in [-0.2, 0) is 0 Å². The Labute approximate surface area is 128 Å². The maximum atomic E-state index is 11.7. The monoisotopic (exact) mass is 299 g/mol. The molecule has 0 saturated carbocycles. The van der Waals surface area contributed by atoms with Crippen LogP contribution in [0.4, 0.5) is 5.69 Å². The van der Waals surface area contributed by atoms with Crippen molar-refractivity contribution in [3.05, 3.63) is 64.2 Å². The van der Waals surface area contributed by atoms with Crippen LogP contribution in [0, 0.1) is 0 Å². The van der Waals surface area contributed by atoms with E-state index in [0.29, 0.717) is 21.8 Å². The molecule has 0 heterocycles. The van der Waals surface area contributed by atoms with Crippen LogP contribution in [0.5, 0.6) is 0 Å². The highest BCUT2D eigenvalue weighted by Crippen LogP contribution is 2.25. The topological polar surface area (TPSA) is 46.5 Å². The van der Waals surface area contributed by atoms with Gasteiger partial charge in [-0.25, -0.2) is 0 Å². The normalized spacial score (nSPS) is 10.8. The van der Waals surface area contributed by atoms with Crippen LogP contribution in [0.1, 0.15) is 40.1 Å². The molecule has 0 bridgehead atoms. The summed E-state index contributed by atoms with van der Waals surface area (Å²) in [5, 5.41) is 0.640. The molecule has 0 amide bonds. The van der Waals surface area contributed by atoms with Gasteiger partial charge in [0.25, 0.3) is 0 Å². The SMILES string of the molecule is CC(=O)c1cccc(C(C)=O)c1N=Cc1ccc(Cl)cc1. The third kappa shape index (κ3) is 3.64. The zero-order chi connectivity index (χ0) is 15.4. The number of Topliss-reactive ketones (excluding diaryl/α,β-unsaturated/α-hetero) is 2. The number of aliphatic imine (C=N–C) groups is 1. The maximum absolute atomic E-state index is 11.7. The summed E-state index contributed by atoms with van der Waals surface area (Å²) in [6.45, 7) is 2.92. The van der Waals surface area contributed by atoms with Crippen LogP contribution in [0.15, 0.2) is 47.5 Å². The molecule has 0 aromatic heterocycles. The number of rotatable bonds is 4. The molecular weight excluding hydrogens is 286 g/mol. The number of hydrogen-bond donors (Lipinski definition) is 0. The molecule has 4 heteroatoms. The molecular formula is C17H14ClNO2. The standard InChI is InChI=1S/C17H14ClNO2/c1-11(20)15-4-3-5-16(12(2)21)17(15)19-10-13-6-8-14(18)9-7-13/h3-10H,1-2H3. The fraction of sp³-hybridized carbons (Fsp3) is 0.118. The Morgan fingerprint density at radius 2 is 1.48 bits per heavy atom. The van der Waals surface area contributed by atoms with Crippen molar-refractivity contribution in [2.45, 2.75) is 13.8 Å². The first-order chi connectivity index (χ1) is 9.99. The van der Waals surface area contributed by atoms with Crippen molar-refractivity contribution in [1.29, 1.82) is 0 Å². The van der Waals surface area contributed by atoms with Gasteiger partial charge in [0.2, 0.25) is 0 Å². The van der Waals surface area contributed by atoms with Crippen molar-refractivity contribution in [2.24, 2.45) is 4.99 Å². The van der Waals surface area contributed by atoms with Gasteiger partial charge in [-0.15, -0.1) is 0 Å². The highest BCUT2D eigenvalue weighted by Gasteiger charge is 2.13. The van der Waals surface area contributed by atoms with Crippen LogP contribution in [-0.4, -0.2) is 17.8 Å². The van der Waals surface area contributed by atoms with E-state index in [1.54, 1.807) is 36.5 Å². The van der Waals surface area contributed by atoms with Crippen LogP contribution in [0.3, 0.4) is 0 Å². The minimum atomic E-state index is -0.124. The zero-order valence-corrected chi connectivity index (χ0v) is 12.5. The molecule has 3 nitrogen and oxygen atoms in total. The Hall–Kier alpha value is -2.26. The van der Waals surface area contributed by atoms with E-state index in [4.69, 9.17) is 11.6 Å². The average Bonchev–Trinajstić information content (AvgIpc) is 2.46. The minimum absolute atomic E-state index is 0.124. The van der Waals surface area contributed by atoms with E-state index in [1.807, 2.05) is 12.1 Å². The smallest absolute Gasteiger partial charge is 0.161 e. The van der Waals surface area contributed by atoms with Gasteiger partial charge >= 0.3 is 0 Å². The van der Waals surface area contributed by atoms with Crippen molar-refractivity contribution >= 4 is 35.1 Å². The number of para-hydroxylation sites is 1. The van der Waals surface area contributed by atoms with E-state index < -0.39 is 0 Å². The number of carbonyl (C=O) groups excluding carboxylic acids is 2. The van der Waals surface area contributed by atoms with Crippen molar-refractivity contribution in [1.82, 2.24) is 0 Å². The first-order valence-corrected chi connectivity index (χ1v) is 6.81. The molecule has 0 radical (unpaired) electrons. The van der Waals surface area contributed by atoms with Gasteiger partial charge in [0.05, 0.1) is 5.69 Å². The minimum Gasteiger partial charge on any atom is -0.294 e. The van der Waals surface area contributed by atoms with E-state index in [0.717, 1.165) is 5.56 Å². The second kappa shape index (κ2) is 6.46. The molecule has 0 unspecified atom stereocenters. The molecule has 0 aliphatic heterocycles. The summed E-state index contributed by atoms with van der Waals surface area (Å²) in [5.41, 5.74) is 2.13. The zero-order valence-electron chi connectivity index (χ0n) is 11.8. The summed E-state index contributed by atoms with van der Waals surface area (Å²) in [7, 11) is 0. The van der Waals surface area contributed by atoms with Gasteiger partial charge in [-0.2, -0.15) is 0 Å². The summed E-state index contributed by atoms with van der Waals surface area (Å²) in [5.74, 6) is -0.247. The fourth-order valence-corrected chi connectivity index (χ4v) is 2.06. The van der Waals surface area contributed by atoms with Gasteiger partial charge in [-0.1, -0.05) is 29.8 Å². The number of carbonyl (C=O) groups is 2. The first kappa shape index (κ1) is 15.1. The third-order valence-corrected chi connectivity index (χ3v) is 3.26. The van der Waals surface area contributed by atoms with Crippen molar-refractivity contribution in [3.63, 3.8) is 0 Å². The third-order valence-electron chi connectivity index (χ3n) is 3.01. The lowest BCUT2D eigenvalue weighted by Crippen LogP contribution is -2.00. The van der Waals surface area contributed by atoms with E-state index >= 15 is 0 Å². The van der Waals surface area contributed by atoms with Crippen molar-refractivity contribution in [2.75, 3.05) is 0 Å². The van der Waals surface area contributed by atoms with Crippen LogP contribution in [0.25, 0.3) is 0 Å². The van der Waals surface area contributed by atoms with Crippen LogP contribution >= 0.6 is 11.6 Å². The van der Waals surface area contributed by atoms with Crippen molar-refractivity contribution in [3.8, 4) is 0 Å². The second-order valence-corrected chi connectivity index (χ2v) is 5.06. The van der Waals surface area contributed by atoms with Gasteiger partial charge in [0.1, 0.15) is 0 Å². The summed E-state index contributed by atoms with van der Waals surface area (Å²) < 4.78 is 0.